The van der Waals surface area contributed by atoms with E-state index < -0.39 is 5.97 Å². The van der Waals surface area contributed by atoms with Crippen LogP contribution in [-0.4, -0.2) is 20.6 Å². The molecule has 4 nitrogen and oxygen atoms in total. The molecule has 5 heteroatoms. The first-order valence-electron chi connectivity index (χ1n) is 6.15. The van der Waals surface area contributed by atoms with Crippen molar-refractivity contribution < 1.29 is 9.90 Å². The van der Waals surface area contributed by atoms with Crippen molar-refractivity contribution in [3.05, 3.63) is 40.8 Å². The van der Waals surface area contributed by atoms with Crippen LogP contribution in [0.3, 0.4) is 0 Å². The smallest absolute Gasteiger partial charge is 0.339 e. The van der Waals surface area contributed by atoms with E-state index in [2.05, 4.69) is 9.55 Å². The Morgan fingerprint density at radius 1 is 1.42 bits per heavy atom. The summed E-state index contributed by atoms with van der Waals surface area (Å²) in [6.07, 6.45) is 5.52. The van der Waals surface area contributed by atoms with Crippen molar-refractivity contribution in [1.82, 2.24) is 9.55 Å². The Morgan fingerprint density at radius 2 is 2.05 bits per heavy atom. The Balaban J connectivity index is 2.28. The van der Waals surface area contributed by atoms with E-state index in [9.17, 15) is 9.90 Å². The van der Waals surface area contributed by atoms with E-state index in [4.69, 9.17) is 11.6 Å². The molecular weight excluding hydrogens is 264 g/mol. The fraction of sp³-hybridized carbons (Fsp3) is 0.286. The van der Waals surface area contributed by atoms with Gasteiger partial charge in [-0.15, -0.1) is 0 Å². The third-order valence-electron chi connectivity index (χ3n) is 3.47. The van der Waals surface area contributed by atoms with Gasteiger partial charge >= 0.3 is 5.97 Å². The van der Waals surface area contributed by atoms with Gasteiger partial charge in [-0.3, -0.25) is 4.98 Å². The van der Waals surface area contributed by atoms with Crippen molar-refractivity contribution in [3.63, 3.8) is 0 Å². The first-order chi connectivity index (χ1) is 9.11. The van der Waals surface area contributed by atoms with Gasteiger partial charge in [0.2, 0.25) is 0 Å². The minimum absolute atomic E-state index is 0.209. The average molecular weight is 277 g/mol. The molecule has 2 heterocycles. The Bertz CT molecular complexity index is 645. The van der Waals surface area contributed by atoms with Gasteiger partial charge in [-0.1, -0.05) is 11.6 Å². The van der Waals surface area contributed by atoms with E-state index in [1.165, 1.54) is 0 Å². The summed E-state index contributed by atoms with van der Waals surface area (Å²) in [5.41, 5.74) is 2.64. The molecule has 1 saturated carbocycles. The van der Waals surface area contributed by atoms with E-state index in [1.807, 2.05) is 19.1 Å². The zero-order valence-electron chi connectivity index (χ0n) is 10.4. The molecule has 98 valence electrons. The lowest BCUT2D eigenvalue weighted by Gasteiger charge is -2.10. The van der Waals surface area contributed by atoms with Crippen molar-refractivity contribution in [1.29, 1.82) is 0 Å². The summed E-state index contributed by atoms with van der Waals surface area (Å²) in [5.74, 6) is -0.975. The number of carbonyl (C=O) groups is 1. The van der Waals surface area contributed by atoms with Crippen LogP contribution in [0.4, 0.5) is 0 Å². The first kappa shape index (κ1) is 12.2. The number of rotatable bonds is 3. The molecule has 1 aliphatic rings. The van der Waals surface area contributed by atoms with E-state index in [1.54, 1.807) is 12.4 Å². The van der Waals surface area contributed by atoms with E-state index in [-0.39, 0.29) is 5.56 Å². The molecule has 1 N–H and O–H groups in total. The molecule has 2 aromatic rings. The second-order valence-corrected chi connectivity index (χ2v) is 5.14. The van der Waals surface area contributed by atoms with Crippen LogP contribution >= 0.6 is 11.6 Å². The number of pyridine rings is 1. The van der Waals surface area contributed by atoms with E-state index in [0.29, 0.717) is 11.1 Å². The van der Waals surface area contributed by atoms with Crippen LogP contribution < -0.4 is 0 Å². The van der Waals surface area contributed by atoms with Gasteiger partial charge in [0.15, 0.2) is 0 Å². The lowest BCUT2D eigenvalue weighted by Crippen LogP contribution is -2.02. The maximum atomic E-state index is 11.4. The highest BCUT2D eigenvalue weighted by molar-refractivity contribution is 6.36. The topological polar surface area (TPSA) is 55.1 Å². The second-order valence-electron chi connectivity index (χ2n) is 4.77. The molecule has 0 saturated heterocycles. The van der Waals surface area contributed by atoms with Crippen LogP contribution in [0.2, 0.25) is 5.02 Å². The summed E-state index contributed by atoms with van der Waals surface area (Å²) in [6, 6.07) is 4.07. The molecule has 0 bridgehead atoms. The Hall–Kier alpha value is -1.81. The second kappa shape index (κ2) is 4.38. The minimum Gasteiger partial charge on any atom is -0.478 e. The molecule has 0 aliphatic heterocycles. The van der Waals surface area contributed by atoms with Crippen LogP contribution in [0.25, 0.3) is 11.3 Å². The fourth-order valence-electron chi connectivity index (χ4n) is 2.48. The van der Waals surface area contributed by atoms with Crippen LogP contribution in [0.5, 0.6) is 0 Å². The number of aromatic carboxylic acids is 1. The number of aromatic nitrogens is 2. The minimum atomic E-state index is -0.975. The molecule has 19 heavy (non-hydrogen) atoms. The van der Waals surface area contributed by atoms with Crippen LogP contribution in [-0.2, 0) is 0 Å². The molecule has 0 unspecified atom stereocenters. The van der Waals surface area contributed by atoms with Gasteiger partial charge in [0, 0.05) is 29.7 Å². The third-order valence-corrected chi connectivity index (χ3v) is 3.84. The first-order valence-corrected chi connectivity index (χ1v) is 6.53. The normalized spacial score (nSPS) is 14.6. The van der Waals surface area contributed by atoms with Gasteiger partial charge in [-0.25, -0.2) is 4.79 Å². The average Bonchev–Trinajstić information content (AvgIpc) is 3.16. The highest BCUT2D eigenvalue weighted by atomic mass is 35.5. The van der Waals surface area contributed by atoms with Crippen LogP contribution in [0, 0.1) is 6.92 Å². The van der Waals surface area contributed by atoms with Crippen molar-refractivity contribution in [2.24, 2.45) is 0 Å². The Morgan fingerprint density at radius 3 is 2.58 bits per heavy atom. The Kier molecular flexibility index (Phi) is 2.82. The zero-order chi connectivity index (χ0) is 13.6. The predicted molar refractivity (Wildman–Crippen MR) is 72.6 cm³/mol. The standard InChI is InChI=1S/C14H13ClN2O2/c1-8-11(14(18)19)12(15)13(17(8)10-2-3-10)9-4-6-16-7-5-9/h4-7,10H,2-3H2,1H3,(H,18,19). The van der Waals surface area contributed by atoms with Crippen molar-refractivity contribution >= 4 is 17.6 Å². The SMILES string of the molecule is Cc1c(C(=O)O)c(Cl)c(-c2ccncc2)n1C1CC1. The van der Waals surface area contributed by atoms with Crippen molar-refractivity contribution in [2.75, 3.05) is 0 Å². The lowest BCUT2D eigenvalue weighted by atomic mass is 10.1. The molecule has 2 aromatic heterocycles. The molecule has 3 rings (SSSR count). The predicted octanol–water partition coefficient (Wildman–Crippen LogP) is 3.55. The van der Waals surface area contributed by atoms with Gasteiger partial charge < -0.3 is 9.67 Å². The Labute approximate surface area is 115 Å². The number of hydrogen-bond donors (Lipinski definition) is 1. The zero-order valence-corrected chi connectivity index (χ0v) is 11.2. The van der Waals surface area contributed by atoms with Crippen molar-refractivity contribution in [3.8, 4) is 11.3 Å². The maximum absolute atomic E-state index is 11.4. The van der Waals surface area contributed by atoms with E-state index >= 15 is 0 Å². The van der Waals surface area contributed by atoms with Gasteiger partial charge in [0.05, 0.1) is 16.3 Å². The molecule has 0 radical (unpaired) electrons. The highest BCUT2D eigenvalue weighted by Gasteiger charge is 2.33. The summed E-state index contributed by atoms with van der Waals surface area (Å²) >= 11 is 6.31. The summed E-state index contributed by atoms with van der Waals surface area (Å²) in [7, 11) is 0. The lowest BCUT2D eigenvalue weighted by molar-refractivity contribution is 0.0696. The fourth-order valence-corrected chi connectivity index (χ4v) is 2.90. The molecule has 0 spiro atoms. The van der Waals surface area contributed by atoms with E-state index in [0.717, 1.165) is 29.8 Å². The largest absolute Gasteiger partial charge is 0.478 e. The van der Waals surface area contributed by atoms with Crippen LogP contribution in [0.1, 0.15) is 34.9 Å². The summed E-state index contributed by atoms with van der Waals surface area (Å²) in [4.78, 5) is 15.4. The molecule has 1 fully saturated rings. The maximum Gasteiger partial charge on any atom is 0.339 e. The van der Waals surface area contributed by atoms with Gasteiger partial charge in [0.1, 0.15) is 0 Å². The number of carboxylic acid groups (broad SMARTS) is 1. The van der Waals surface area contributed by atoms with Gasteiger partial charge in [-0.2, -0.15) is 0 Å². The summed E-state index contributed by atoms with van der Waals surface area (Å²) in [5, 5.41) is 9.65. The monoisotopic (exact) mass is 276 g/mol. The quantitative estimate of drug-likeness (QED) is 0.933. The number of carboxylic acids is 1. The number of nitrogens with zero attached hydrogens (tertiary/aromatic N) is 2. The highest BCUT2D eigenvalue weighted by Crippen LogP contribution is 2.45. The molecule has 1 aliphatic carbocycles. The van der Waals surface area contributed by atoms with Crippen molar-refractivity contribution in [2.45, 2.75) is 25.8 Å². The third kappa shape index (κ3) is 1.92. The number of hydrogen-bond acceptors (Lipinski definition) is 2. The molecule has 0 atom stereocenters. The van der Waals surface area contributed by atoms with Gasteiger partial charge in [0.25, 0.3) is 0 Å². The van der Waals surface area contributed by atoms with Gasteiger partial charge in [-0.05, 0) is 31.9 Å². The molecule has 0 amide bonds. The molecule has 0 aromatic carbocycles. The summed E-state index contributed by atoms with van der Waals surface area (Å²) in [6.45, 7) is 1.82. The summed E-state index contributed by atoms with van der Waals surface area (Å²) < 4.78 is 2.06. The molecular formula is C14H13ClN2O2. The van der Waals surface area contributed by atoms with Crippen LogP contribution in [0.15, 0.2) is 24.5 Å². The number of halogens is 1.